The maximum absolute atomic E-state index is 13.5. The molecule has 6 heteroatoms. The number of halogens is 1. The number of aromatic nitrogens is 2. The summed E-state index contributed by atoms with van der Waals surface area (Å²) in [6.45, 7) is 0.333. The third-order valence-electron chi connectivity index (χ3n) is 4.16. The molecule has 0 saturated carbocycles. The van der Waals surface area contributed by atoms with Crippen molar-refractivity contribution in [2.75, 3.05) is 14.1 Å². The molecule has 3 rings (SSSR count). The predicted octanol–water partition coefficient (Wildman–Crippen LogP) is 3.13. The number of benzene rings is 2. The lowest BCUT2D eigenvalue weighted by Crippen LogP contribution is -2.36. The molecule has 3 aromatic rings. The van der Waals surface area contributed by atoms with Crippen molar-refractivity contribution < 1.29 is 9.18 Å². The summed E-state index contributed by atoms with van der Waals surface area (Å²) in [6, 6.07) is 15.3. The molecule has 1 atom stereocenters. The monoisotopic (exact) mass is 352 g/mol. The van der Waals surface area contributed by atoms with Crippen molar-refractivity contribution in [3.05, 3.63) is 77.7 Å². The molecule has 0 aliphatic rings. The summed E-state index contributed by atoms with van der Waals surface area (Å²) in [4.78, 5) is 14.5. The molecule has 0 spiro atoms. The minimum absolute atomic E-state index is 0.194. The van der Waals surface area contributed by atoms with Crippen LogP contribution >= 0.6 is 0 Å². The fraction of sp³-hybridized carbons (Fsp3) is 0.200. The van der Waals surface area contributed by atoms with Gasteiger partial charge in [0.25, 0.3) is 0 Å². The van der Waals surface area contributed by atoms with Crippen LogP contribution in [0.15, 0.2) is 60.8 Å². The Bertz CT molecular complexity index is 876. The van der Waals surface area contributed by atoms with Gasteiger partial charge in [0.15, 0.2) is 0 Å². The van der Waals surface area contributed by atoms with Crippen LogP contribution in [0.25, 0.3) is 11.3 Å². The lowest BCUT2D eigenvalue weighted by atomic mass is 10.0. The van der Waals surface area contributed by atoms with Gasteiger partial charge in [-0.05, 0) is 37.4 Å². The van der Waals surface area contributed by atoms with E-state index in [0.29, 0.717) is 12.1 Å². The third-order valence-corrected chi connectivity index (χ3v) is 4.16. The zero-order chi connectivity index (χ0) is 18.5. The predicted molar refractivity (Wildman–Crippen MR) is 98.7 cm³/mol. The summed E-state index contributed by atoms with van der Waals surface area (Å²) in [7, 11) is 3.59. The van der Waals surface area contributed by atoms with E-state index in [1.807, 2.05) is 30.3 Å². The van der Waals surface area contributed by atoms with Gasteiger partial charge >= 0.3 is 0 Å². The van der Waals surface area contributed by atoms with E-state index in [1.165, 1.54) is 12.1 Å². The topological polar surface area (TPSA) is 61.0 Å². The first-order valence-electron chi connectivity index (χ1n) is 8.33. The highest BCUT2D eigenvalue weighted by atomic mass is 19.1. The number of carbonyl (C=O) groups excluding carboxylic acids is 1. The van der Waals surface area contributed by atoms with Gasteiger partial charge in [-0.15, -0.1) is 0 Å². The molecule has 1 amide bonds. The van der Waals surface area contributed by atoms with E-state index in [9.17, 15) is 9.18 Å². The number of carbonyl (C=O) groups is 1. The highest BCUT2D eigenvalue weighted by molar-refractivity contribution is 5.83. The maximum atomic E-state index is 13.5. The Labute approximate surface area is 151 Å². The second-order valence-corrected chi connectivity index (χ2v) is 6.28. The van der Waals surface area contributed by atoms with Crippen molar-refractivity contribution >= 4 is 5.91 Å². The van der Waals surface area contributed by atoms with Crippen LogP contribution in [0, 0.1) is 5.82 Å². The van der Waals surface area contributed by atoms with E-state index < -0.39 is 6.04 Å². The van der Waals surface area contributed by atoms with Crippen LogP contribution in [0.3, 0.4) is 0 Å². The molecule has 5 nitrogen and oxygen atoms in total. The quantitative estimate of drug-likeness (QED) is 0.716. The molecule has 0 aliphatic carbocycles. The van der Waals surface area contributed by atoms with Gasteiger partial charge in [-0.3, -0.25) is 14.8 Å². The van der Waals surface area contributed by atoms with Crippen molar-refractivity contribution in [3.8, 4) is 11.3 Å². The number of H-pyrrole nitrogens is 1. The average Bonchev–Trinajstić information content (AvgIpc) is 3.09. The number of nitrogens with zero attached hydrogens (tertiary/aromatic N) is 2. The summed E-state index contributed by atoms with van der Waals surface area (Å²) in [5.74, 6) is -0.552. The van der Waals surface area contributed by atoms with Crippen LogP contribution in [0.1, 0.15) is 17.2 Å². The first-order valence-corrected chi connectivity index (χ1v) is 8.33. The lowest BCUT2D eigenvalue weighted by molar-refractivity contribution is -0.125. The first-order chi connectivity index (χ1) is 12.6. The highest BCUT2D eigenvalue weighted by Crippen LogP contribution is 2.22. The Morgan fingerprint density at radius 3 is 2.65 bits per heavy atom. The third kappa shape index (κ3) is 3.97. The van der Waals surface area contributed by atoms with E-state index in [4.69, 9.17) is 0 Å². The number of rotatable bonds is 6. The number of amides is 1. The van der Waals surface area contributed by atoms with Crippen LogP contribution in [-0.2, 0) is 11.3 Å². The van der Waals surface area contributed by atoms with Crippen LogP contribution in [-0.4, -0.2) is 35.1 Å². The van der Waals surface area contributed by atoms with Crippen molar-refractivity contribution in [2.24, 2.45) is 0 Å². The van der Waals surface area contributed by atoms with Crippen LogP contribution in [0.4, 0.5) is 4.39 Å². The van der Waals surface area contributed by atoms with Crippen molar-refractivity contribution in [1.82, 2.24) is 20.4 Å². The van der Waals surface area contributed by atoms with E-state index in [0.717, 1.165) is 16.8 Å². The second-order valence-electron chi connectivity index (χ2n) is 6.28. The van der Waals surface area contributed by atoms with Crippen LogP contribution < -0.4 is 5.32 Å². The summed E-state index contributed by atoms with van der Waals surface area (Å²) in [5, 5.41) is 10.00. The standard InChI is InChI=1S/C20H21FN4O/c1-25(2)19(15-9-6-10-17(21)11-15)20(26)22-12-16-13-23-24-18(16)14-7-4-3-5-8-14/h3-11,13,19H,12H2,1-2H3,(H,22,26)(H,23,24)/t19-/m1/s1. The Kier molecular flexibility index (Phi) is 5.43. The smallest absolute Gasteiger partial charge is 0.242 e. The maximum Gasteiger partial charge on any atom is 0.242 e. The SMILES string of the molecule is CN(C)[C@@H](C(=O)NCc1cn[nH]c1-c1ccccc1)c1cccc(F)c1. The molecule has 26 heavy (non-hydrogen) atoms. The number of hydrogen-bond acceptors (Lipinski definition) is 3. The molecule has 0 aliphatic heterocycles. The molecule has 0 radical (unpaired) electrons. The highest BCUT2D eigenvalue weighted by Gasteiger charge is 2.23. The lowest BCUT2D eigenvalue weighted by Gasteiger charge is -2.24. The van der Waals surface area contributed by atoms with E-state index in [2.05, 4.69) is 15.5 Å². The first kappa shape index (κ1) is 17.8. The van der Waals surface area contributed by atoms with Crippen molar-refractivity contribution in [2.45, 2.75) is 12.6 Å². The van der Waals surface area contributed by atoms with E-state index in [-0.39, 0.29) is 11.7 Å². The molecule has 2 N–H and O–H groups in total. The second kappa shape index (κ2) is 7.93. The molecule has 0 bridgehead atoms. The summed E-state index contributed by atoms with van der Waals surface area (Å²) < 4.78 is 13.5. The summed E-state index contributed by atoms with van der Waals surface area (Å²) in [6.07, 6.45) is 1.70. The number of likely N-dealkylation sites (N-methyl/N-ethyl adjacent to an activating group) is 1. The largest absolute Gasteiger partial charge is 0.350 e. The molecule has 134 valence electrons. The molecule has 0 saturated heterocycles. The molecule has 0 unspecified atom stereocenters. The molecular weight excluding hydrogens is 331 g/mol. The normalized spacial score (nSPS) is 12.2. The van der Waals surface area contributed by atoms with Gasteiger partial charge in [0.2, 0.25) is 5.91 Å². The fourth-order valence-electron chi connectivity index (χ4n) is 2.94. The van der Waals surface area contributed by atoms with Gasteiger partial charge in [0, 0.05) is 12.1 Å². The van der Waals surface area contributed by atoms with E-state index >= 15 is 0 Å². The fourth-order valence-corrected chi connectivity index (χ4v) is 2.94. The van der Waals surface area contributed by atoms with Gasteiger partial charge in [0.05, 0.1) is 11.9 Å². The molecule has 2 aromatic carbocycles. The van der Waals surface area contributed by atoms with Crippen LogP contribution in [0.2, 0.25) is 0 Å². The Morgan fingerprint density at radius 1 is 1.19 bits per heavy atom. The van der Waals surface area contributed by atoms with Crippen molar-refractivity contribution in [1.29, 1.82) is 0 Å². The van der Waals surface area contributed by atoms with Crippen LogP contribution in [0.5, 0.6) is 0 Å². The Hall–Kier alpha value is -2.99. The minimum atomic E-state index is -0.572. The van der Waals surface area contributed by atoms with Crippen molar-refractivity contribution in [3.63, 3.8) is 0 Å². The average molecular weight is 352 g/mol. The Balaban J connectivity index is 1.75. The zero-order valence-electron chi connectivity index (χ0n) is 14.7. The molecular formula is C20H21FN4O. The van der Waals surface area contributed by atoms with Gasteiger partial charge in [-0.1, -0.05) is 42.5 Å². The van der Waals surface area contributed by atoms with E-state index in [1.54, 1.807) is 37.3 Å². The van der Waals surface area contributed by atoms with Gasteiger partial charge in [0.1, 0.15) is 11.9 Å². The van der Waals surface area contributed by atoms with Gasteiger partial charge in [-0.25, -0.2) is 4.39 Å². The summed E-state index contributed by atoms with van der Waals surface area (Å²) in [5.41, 5.74) is 3.38. The molecule has 0 fully saturated rings. The summed E-state index contributed by atoms with van der Waals surface area (Å²) >= 11 is 0. The molecule has 1 heterocycles. The Morgan fingerprint density at radius 2 is 1.96 bits per heavy atom. The molecule has 1 aromatic heterocycles. The number of nitrogens with one attached hydrogen (secondary N) is 2. The van der Waals surface area contributed by atoms with Gasteiger partial charge in [-0.2, -0.15) is 5.10 Å². The number of aromatic amines is 1. The number of hydrogen-bond donors (Lipinski definition) is 2. The zero-order valence-corrected chi connectivity index (χ0v) is 14.7. The van der Waals surface area contributed by atoms with Gasteiger partial charge < -0.3 is 5.32 Å². The minimum Gasteiger partial charge on any atom is -0.350 e.